The summed E-state index contributed by atoms with van der Waals surface area (Å²) in [5, 5.41) is 3.67. The van der Waals surface area contributed by atoms with Crippen LogP contribution in [0.1, 0.15) is 32.1 Å². The SMILES string of the molecule is COc1ccc(-c2cncc(-c3cc(NC4CCCCC4)nc(-c4ccccc4)n3)c2)cc1. The summed E-state index contributed by atoms with van der Waals surface area (Å²) >= 11 is 0. The molecule has 0 saturated heterocycles. The van der Waals surface area contributed by atoms with E-state index in [9.17, 15) is 0 Å². The van der Waals surface area contributed by atoms with Crippen LogP contribution < -0.4 is 10.1 Å². The van der Waals surface area contributed by atoms with Crippen molar-refractivity contribution in [3.8, 4) is 39.5 Å². The number of hydrogen-bond donors (Lipinski definition) is 1. The van der Waals surface area contributed by atoms with Crippen molar-refractivity contribution in [2.75, 3.05) is 12.4 Å². The fourth-order valence-corrected chi connectivity index (χ4v) is 4.36. The van der Waals surface area contributed by atoms with E-state index in [1.165, 1.54) is 32.1 Å². The van der Waals surface area contributed by atoms with E-state index in [1.54, 1.807) is 7.11 Å². The number of anilines is 1. The molecule has 4 aromatic rings. The first kappa shape index (κ1) is 21.1. The van der Waals surface area contributed by atoms with Crippen LogP contribution in [-0.2, 0) is 0 Å². The van der Waals surface area contributed by atoms with Crippen LogP contribution >= 0.6 is 0 Å². The smallest absolute Gasteiger partial charge is 0.162 e. The van der Waals surface area contributed by atoms with Gasteiger partial charge in [0.2, 0.25) is 0 Å². The number of rotatable bonds is 6. The monoisotopic (exact) mass is 436 g/mol. The van der Waals surface area contributed by atoms with Crippen LogP contribution in [0.2, 0.25) is 0 Å². The molecule has 2 aromatic heterocycles. The Kier molecular flexibility index (Phi) is 6.29. The molecule has 1 aliphatic carbocycles. The van der Waals surface area contributed by atoms with Crippen molar-refractivity contribution in [1.29, 1.82) is 0 Å². The Labute approximate surface area is 194 Å². The van der Waals surface area contributed by atoms with E-state index in [0.29, 0.717) is 6.04 Å². The van der Waals surface area contributed by atoms with Gasteiger partial charge in [0.15, 0.2) is 5.82 Å². The maximum absolute atomic E-state index is 5.29. The molecular weight excluding hydrogens is 408 g/mol. The van der Waals surface area contributed by atoms with Crippen molar-refractivity contribution in [2.24, 2.45) is 0 Å². The van der Waals surface area contributed by atoms with Gasteiger partial charge in [0.25, 0.3) is 0 Å². The van der Waals surface area contributed by atoms with E-state index in [4.69, 9.17) is 14.7 Å². The van der Waals surface area contributed by atoms with Crippen LogP contribution in [0, 0.1) is 0 Å². The first-order chi connectivity index (χ1) is 16.3. The molecule has 0 radical (unpaired) electrons. The molecule has 166 valence electrons. The average Bonchev–Trinajstić information content (AvgIpc) is 2.90. The zero-order valence-corrected chi connectivity index (χ0v) is 18.9. The zero-order valence-electron chi connectivity index (χ0n) is 18.9. The minimum Gasteiger partial charge on any atom is -0.497 e. The zero-order chi connectivity index (χ0) is 22.5. The van der Waals surface area contributed by atoms with E-state index in [0.717, 1.165) is 45.3 Å². The Bertz CT molecular complexity index is 1200. The number of pyridine rings is 1. The van der Waals surface area contributed by atoms with Crippen molar-refractivity contribution >= 4 is 5.82 Å². The van der Waals surface area contributed by atoms with E-state index in [2.05, 4.69) is 34.6 Å². The summed E-state index contributed by atoms with van der Waals surface area (Å²) in [5.74, 6) is 2.44. The van der Waals surface area contributed by atoms with Gasteiger partial charge in [-0.1, -0.05) is 61.7 Å². The highest BCUT2D eigenvalue weighted by Crippen LogP contribution is 2.29. The predicted molar refractivity (Wildman–Crippen MR) is 133 cm³/mol. The summed E-state index contributed by atoms with van der Waals surface area (Å²) in [6.07, 6.45) is 10.00. The number of benzene rings is 2. The second kappa shape index (κ2) is 9.82. The van der Waals surface area contributed by atoms with E-state index in [1.807, 2.05) is 54.9 Å². The Balaban J connectivity index is 1.52. The lowest BCUT2D eigenvalue weighted by Crippen LogP contribution is -2.23. The molecule has 2 heterocycles. The predicted octanol–water partition coefficient (Wildman–Crippen LogP) is 6.63. The molecule has 0 unspecified atom stereocenters. The normalized spacial score (nSPS) is 14.1. The largest absolute Gasteiger partial charge is 0.497 e. The van der Waals surface area contributed by atoms with Crippen LogP contribution in [0.4, 0.5) is 5.82 Å². The van der Waals surface area contributed by atoms with Crippen LogP contribution in [0.15, 0.2) is 79.1 Å². The van der Waals surface area contributed by atoms with Crippen LogP contribution in [0.25, 0.3) is 33.8 Å². The molecule has 2 aromatic carbocycles. The van der Waals surface area contributed by atoms with E-state index in [-0.39, 0.29) is 0 Å². The fourth-order valence-electron chi connectivity index (χ4n) is 4.36. The molecular formula is C28H28N4O. The average molecular weight is 437 g/mol. The number of aromatic nitrogens is 3. The Hall–Kier alpha value is -3.73. The number of nitrogens with one attached hydrogen (secondary N) is 1. The van der Waals surface area contributed by atoms with Gasteiger partial charge in [0, 0.05) is 41.2 Å². The molecule has 5 nitrogen and oxygen atoms in total. The first-order valence-electron chi connectivity index (χ1n) is 11.6. The molecule has 1 aliphatic rings. The maximum Gasteiger partial charge on any atom is 0.162 e. The van der Waals surface area contributed by atoms with Gasteiger partial charge in [-0.25, -0.2) is 9.97 Å². The van der Waals surface area contributed by atoms with Crippen molar-refractivity contribution < 1.29 is 4.74 Å². The number of hydrogen-bond acceptors (Lipinski definition) is 5. The number of ether oxygens (including phenoxy) is 1. The Morgan fingerprint density at radius 1 is 0.758 bits per heavy atom. The Morgan fingerprint density at radius 2 is 1.52 bits per heavy atom. The van der Waals surface area contributed by atoms with Crippen molar-refractivity contribution in [3.05, 3.63) is 79.1 Å². The second-order valence-corrected chi connectivity index (χ2v) is 8.50. The summed E-state index contributed by atoms with van der Waals surface area (Å²) in [7, 11) is 1.68. The molecule has 0 spiro atoms. The lowest BCUT2D eigenvalue weighted by atomic mass is 9.95. The topological polar surface area (TPSA) is 59.9 Å². The lowest BCUT2D eigenvalue weighted by molar-refractivity contribution is 0.415. The van der Waals surface area contributed by atoms with Crippen molar-refractivity contribution in [1.82, 2.24) is 15.0 Å². The third-order valence-corrected chi connectivity index (χ3v) is 6.17. The summed E-state index contributed by atoms with van der Waals surface area (Å²) in [5.41, 5.74) is 4.96. The third kappa shape index (κ3) is 5.03. The molecule has 0 atom stereocenters. The van der Waals surface area contributed by atoms with Gasteiger partial charge in [-0.3, -0.25) is 4.98 Å². The van der Waals surface area contributed by atoms with Gasteiger partial charge in [0.05, 0.1) is 12.8 Å². The van der Waals surface area contributed by atoms with Crippen LogP contribution in [0.5, 0.6) is 5.75 Å². The molecule has 5 heteroatoms. The van der Waals surface area contributed by atoms with Crippen LogP contribution in [0.3, 0.4) is 0 Å². The summed E-state index contributed by atoms with van der Waals surface area (Å²) in [6, 6.07) is 22.8. The highest BCUT2D eigenvalue weighted by atomic mass is 16.5. The molecule has 1 saturated carbocycles. The summed E-state index contributed by atoms with van der Waals surface area (Å²) in [6.45, 7) is 0. The van der Waals surface area contributed by atoms with Gasteiger partial charge < -0.3 is 10.1 Å². The quantitative estimate of drug-likeness (QED) is 0.368. The minimum atomic E-state index is 0.467. The van der Waals surface area contributed by atoms with Gasteiger partial charge in [0.1, 0.15) is 11.6 Å². The van der Waals surface area contributed by atoms with Crippen molar-refractivity contribution in [3.63, 3.8) is 0 Å². The molecule has 1 N–H and O–H groups in total. The highest BCUT2D eigenvalue weighted by Gasteiger charge is 2.16. The molecule has 0 bridgehead atoms. The molecule has 0 aliphatic heterocycles. The third-order valence-electron chi connectivity index (χ3n) is 6.17. The van der Waals surface area contributed by atoms with Crippen molar-refractivity contribution in [2.45, 2.75) is 38.1 Å². The minimum absolute atomic E-state index is 0.467. The molecule has 5 rings (SSSR count). The first-order valence-corrected chi connectivity index (χ1v) is 11.6. The fraction of sp³-hybridized carbons (Fsp3) is 0.250. The lowest BCUT2D eigenvalue weighted by Gasteiger charge is -2.23. The second-order valence-electron chi connectivity index (χ2n) is 8.50. The van der Waals surface area contributed by atoms with E-state index < -0.39 is 0 Å². The standard InChI is InChI=1S/C28H28N4O/c1-33-25-14-12-20(13-15-25)22-16-23(19-29-18-22)26-17-27(30-24-10-6-3-7-11-24)32-28(31-26)21-8-4-2-5-9-21/h2,4-5,8-9,12-19,24H,3,6-7,10-11H2,1H3,(H,30,31,32). The van der Waals surface area contributed by atoms with Gasteiger partial charge in [-0.05, 0) is 36.6 Å². The summed E-state index contributed by atoms with van der Waals surface area (Å²) < 4.78 is 5.29. The van der Waals surface area contributed by atoms with Gasteiger partial charge in [-0.2, -0.15) is 0 Å². The van der Waals surface area contributed by atoms with Crippen LogP contribution in [-0.4, -0.2) is 28.1 Å². The van der Waals surface area contributed by atoms with E-state index >= 15 is 0 Å². The van der Waals surface area contributed by atoms with Gasteiger partial charge >= 0.3 is 0 Å². The summed E-state index contributed by atoms with van der Waals surface area (Å²) in [4.78, 5) is 14.3. The molecule has 33 heavy (non-hydrogen) atoms. The van der Waals surface area contributed by atoms with Gasteiger partial charge in [-0.15, -0.1) is 0 Å². The number of nitrogens with zero attached hydrogens (tertiary/aromatic N) is 3. The Morgan fingerprint density at radius 3 is 2.27 bits per heavy atom. The maximum atomic E-state index is 5.29. The molecule has 0 amide bonds. The molecule has 1 fully saturated rings. The number of methoxy groups -OCH3 is 1. The highest BCUT2D eigenvalue weighted by molar-refractivity contribution is 5.73.